The molecular formula is C31H34O7. The monoisotopic (exact) mass is 518 g/mol. The van der Waals surface area contributed by atoms with Crippen molar-refractivity contribution in [3.8, 4) is 11.5 Å². The van der Waals surface area contributed by atoms with E-state index in [4.69, 9.17) is 19.1 Å². The second-order valence-electron chi connectivity index (χ2n) is 8.96. The van der Waals surface area contributed by atoms with Crippen molar-refractivity contribution in [1.29, 1.82) is 0 Å². The van der Waals surface area contributed by atoms with Gasteiger partial charge in [0.15, 0.2) is 0 Å². The van der Waals surface area contributed by atoms with Crippen molar-refractivity contribution < 1.29 is 33.9 Å². The van der Waals surface area contributed by atoms with Crippen LogP contribution in [-0.4, -0.2) is 30.4 Å². The molecule has 0 aliphatic heterocycles. The van der Waals surface area contributed by atoms with Crippen LogP contribution in [0.25, 0.3) is 0 Å². The summed E-state index contributed by atoms with van der Waals surface area (Å²) in [5, 5.41) is 9.54. The van der Waals surface area contributed by atoms with Crippen molar-refractivity contribution in [2.75, 3.05) is 13.2 Å². The van der Waals surface area contributed by atoms with E-state index in [1.54, 1.807) is 48.5 Å². The van der Waals surface area contributed by atoms with Crippen molar-refractivity contribution in [3.63, 3.8) is 0 Å². The number of hydrogen-bond donors (Lipinski definition) is 1. The molecule has 0 aromatic heterocycles. The highest BCUT2D eigenvalue weighted by Gasteiger charge is 2.18. The molecule has 0 fully saturated rings. The first-order chi connectivity index (χ1) is 18.4. The van der Waals surface area contributed by atoms with E-state index in [-0.39, 0.29) is 0 Å². The van der Waals surface area contributed by atoms with E-state index in [1.807, 2.05) is 32.0 Å². The van der Waals surface area contributed by atoms with Gasteiger partial charge in [-0.15, -0.1) is 0 Å². The molecule has 7 heteroatoms. The summed E-state index contributed by atoms with van der Waals surface area (Å²) < 4.78 is 16.2. The van der Waals surface area contributed by atoms with E-state index in [0.29, 0.717) is 30.3 Å². The number of carbonyl (C=O) groups is 2. The van der Waals surface area contributed by atoms with Crippen molar-refractivity contribution in [1.82, 2.24) is 0 Å². The van der Waals surface area contributed by atoms with Gasteiger partial charge in [0.2, 0.25) is 0 Å². The number of aryl methyl sites for hydroxylation is 2. The minimum Gasteiger partial charge on any atom is -0.494 e. The molecule has 7 nitrogen and oxygen atoms in total. The quantitative estimate of drug-likeness (QED) is 0.0629. The second-order valence-corrected chi connectivity index (χ2v) is 8.96. The molecule has 0 bridgehead atoms. The fourth-order valence-corrected chi connectivity index (χ4v) is 3.96. The molecule has 1 N–H and O–H groups in total. The zero-order chi connectivity index (χ0) is 27.3. The molecule has 1 atom stereocenters. The molecule has 0 saturated heterocycles. The van der Waals surface area contributed by atoms with E-state index in [1.165, 1.54) is 0 Å². The maximum atomic E-state index is 12.6. The molecule has 0 amide bonds. The maximum Gasteiger partial charge on any atom is 0.343 e. The first-order valence-corrected chi connectivity index (χ1v) is 12.6. The van der Waals surface area contributed by atoms with Gasteiger partial charge >= 0.3 is 11.9 Å². The SMILES string of the molecule is C=CC(=O)OCCCCCCOc1ccc(C(=O)Oc2ccc(C(OO)c3ccc(C)cc3C)cc2)cc1. The summed E-state index contributed by atoms with van der Waals surface area (Å²) in [4.78, 5) is 28.3. The lowest BCUT2D eigenvalue weighted by molar-refractivity contribution is -0.270. The summed E-state index contributed by atoms with van der Waals surface area (Å²) in [5.41, 5.74) is 4.13. The lowest BCUT2D eigenvalue weighted by Crippen LogP contribution is -2.09. The van der Waals surface area contributed by atoms with Gasteiger partial charge in [-0.2, -0.15) is 0 Å². The fourth-order valence-electron chi connectivity index (χ4n) is 3.96. The first kappa shape index (κ1) is 28.6. The second kappa shape index (κ2) is 14.7. The van der Waals surface area contributed by atoms with Gasteiger partial charge in [0.1, 0.15) is 17.6 Å². The molecule has 200 valence electrons. The number of unbranched alkanes of at least 4 members (excludes halogenated alkanes) is 3. The molecule has 0 radical (unpaired) electrons. The van der Waals surface area contributed by atoms with Crippen LogP contribution in [0.3, 0.4) is 0 Å². The zero-order valence-corrected chi connectivity index (χ0v) is 21.9. The van der Waals surface area contributed by atoms with E-state index in [2.05, 4.69) is 6.58 Å². The predicted octanol–water partition coefficient (Wildman–Crippen LogP) is 6.77. The summed E-state index contributed by atoms with van der Waals surface area (Å²) in [6.45, 7) is 8.29. The Bertz CT molecular complexity index is 1200. The number of rotatable bonds is 14. The lowest BCUT2D eigenvalue weighted by Gasteiger charge is -2.17. The highest BCUT2D eigenvalue weighted by atomic mass is 17.1. The molecule has 0 aliphatic carbocycles. The summed E-state index contributed by atoms with van der Waals surface area (Å²) in [7, 11) is 0. The first-order valence-electron chi connectivity index (χ1n) is 12.6. The zero-order valence-electron chi connectivity index (χ0n) is 21.9. The standard InChI is InChI=1S/C31H34O7/c1-4-29(32)36-20-8-6-5-7-19-35-26-14-12-25(13-15-26)31(33)37-27-16-10-24(11-17-27)30(38-34)28-18-9-22(2)21-23(28)3/h4,9-18,21,30,34H,1,5-8,19-20H2,2-3H3. The van der Waals surface area contributed by atoms with Gasteiger partial charge in [-0.05, 0) is 92.6 Å². The highest BCUT2D eigenvalue weighted by molar-refractivity contribution is 5.91. The molecule has 1 unspecified atom stereocenters. The molecule has 3 rings (SSSR count). The normalized spacial score (nSPS) is 11.4. The fraction of sp³-hybridized carbons (Fsp3) is 0.290. The van der Waals surface area contributed by atoms with Gasteiger partial charge in [0.05, 0.1) is 18.8 Å². The van der Waals surface area contributed by atoms with Crippen molar-refractivity contribution >= 4 is 11.9 Å². The van der Waals surface area contributed by atoms with Crippen LogP contribution in [0.2, 0.25) is 0 Å². The van der Waals surface area contributed by atoms with Crippen molar-refractivity contribution in [2.24, 2.45) is 0 Å². The van der Waals surface area contributed by atoms with E-state index in [0.717, 1.165) is 54.0 Å². The Hall–Kier alpha value is -3.94. The maximum absolute atomic E-state index is 12.6. The molecular weight excluding hydrogens is 484 g/mol. The van der Waals surface area contributed by atoms with Gasteiger partial charge in [-0.25, -0.2) is 14.5 Å². The average molecular weight is 519 g/mol. The van der Waals surface area contributed by atoms with E-state index < -0.39 is 18.0 Å². The van der Waals surface area contributed by atoms with Crippen LogP contribution in [0.15, 0.2) is 79.4 Å². The molecule has 3 aromatic rings. The topological polar surface area (TPSA) is 91.3 Å². The molecule has 0 aliphatic rings. The third-order valence-electron chi connectivity index (χ3n) is 6.01. The Morgan fingerprint density at radius 1 is 0.868 bits per heavy atom. The summed E-state index contributed by atoms with van der Waals surface area (Å²) in [6.07, 6.45) is 4.11. The van der Waals surface area contributed by atoms with Gasteiger partial charge in [0.25, 0.3) is 0 Å². The lowest BCUT2D eigenvalue weighted by atomic mass is 9.96. The van der Waals surface area contributed by atoms with Crippen LogP contribution in [0.5, 0.6) is 11.5 Å². The number of benzene rings is 3. The van der Waals surface area contributed by atoms with Crippen LogP contribution in [0.1, 0.15) is 64.4 Å². The molecule has 3 aromatic carbocycles. The van der Waals surface area contributed by atoms with Gasteiger partial charge < -0.3 is 14.2 Å². The number of ether oxygens (including phenoxy) is 3. The minimum atomic E-state index is -0.644. The Labute approximate surface area is 223 Å². The number of esters is 2. The molecule has 0 saturated carbocycles. The van der Waals surface area contributed by atoms with Crippen LogP contribution >= 0.6 is 0 Å². The van der Waals surface area contributed by atoms with Gasteiger partial charge in [-0.1, -0.05) is 42.5 Å². The van der Waals surface area contributed by atoms with Crippen LogP contribution in [0, 0.1) is 13.8 Å². The predicted molar refractivity (Wildman–Crippen MR) is 144 cm³/mol. The van der Waals surface area contributed by atoms with Gasteiger partial charge in [0, 0.05) is 6.08 Å². The Morgan fingerprint density at radius 2 is 1.53 bits per heavy atom. The summed E-state index contributed by atoms with van der Waals surface area (Å²) in [5.74, 6) is 0.183. The van der Waals surface area contributed by atoms with Crippen LogP contribution in [0.4, 0.5) is 0 Å². The Balaban J connectivity index is 1.45. The Morgan fingerprint density at radius 3 is 2.16 bits per heavy atom. The molecule has 0 spiro atoms. The summed E-state index contributed by atoms with van der Waals surface area (Å²) >= 11 is 0. The molecule has 38 heavy (non-hydrogen) atoms. The highest BCUT2D eigenvalue weighted by Crippen LogP contribution is 2.29. The third kappa shape index (κ3) is 8.57. The van der Waals surface area contributed by atoms with E-state index >= 15 is 0 Å². The van der Waals surface area contributed by atoms with E-state index in [9.17, 15) is 14.8 Å². The van der Waals surface area contributed by atoms with Crippen molar-refractivity contribution in [2.45, 2.75) is 45.6 Å². The smallest absolute Gasteiger partial charge is 0.343 e. The number of carbonyl (C=O) groups excluding carboxylic acids is 2. The number of hydrogen-bond acceptors (Lipinski definition) is 7. The van der Waals surface area contributed by atoms with Crippen LogP contribution < -0.4 is 9.47 Å². The largest absolute Gasteiger partial charge is 0.494 e. The Kier molecular flexibility index (Phi) is 11.1. The summed E-state index contributed by atoms with van der Waals surface area (Å²) in [6, 6.07) is 19.6. The average Bonchev–Trinajstić information content (AvgIpc) is 2.92. The minimum absolute atomic E-state index is 0.385. The van der Waals surface area contributed by atoms with Crippen molar-refractivity contribution in [3.05, 3.63) is 107 Å². The van der Waals surface area contributed by atoms with Crippen LogP contribution in [-0.2, 0) is 14.4 Å². The molecule has 0 heterocycles. The van der Waals surface area contributed by atoms with Gasteiger partial charge in [-0.3, -0.25) is 5.26 Å². The third-order valence-corrected chi connectivity index (χ3v) is 6.01.